The van der Waals surface area contributed by atoms with Gasteiger partial charge in [0.2, 0.25) is 0 Å². The Morgan fingerprint density at radius 3 is 1.16 bits per heavy atom. The second kappa shape index (κ2) is 6.84. The van der Waals surface area contributed by atoms with Gasteiger partial charge in [-0.3, -0.25) is 0 Å². The Morgan fingerprint density at radius 1 is 0.480 bits per heavy atom. The summed E-state index contributed by atoms with van der Waals surface area (Å²) in [6, 6.07) is 17.8. The Hall–Kier alpha value is -1.20. The molecule has 0 nitrogen and oxygen atoms in total. The van der Waals surface area contributed by atoms with Crippen LogP contribution in [0.2, 0.25) is 0 Å². The van der Waals surface area contributed by atoms with Crippen LogP contribution in [0.25, 0.3) is 39.5 Å². The molecule has 25 heavy (non-hydrogen) atoms. The molecule has 5 heterocycles. The molecule has 5 aromatic heterocycles. The third kappa shape index (κ3) is 2.85. The predicted molar refractivity (Wildman–Crippen MR) is 117 cm³/mol. The van der Waals surface area contributed by atoms with Gasteiger partial charge in [-0.25, -0.2) is 0 Å². The summed E-state index contributed by atoms with van der Waals surface area (Å²) in [7, 11) is 0. The monoisotopic (exact) mass is 460 g/mol. The van der Waals surface area contributed by atoms with Crippen molar-refractivity contribution >= 4 is 59.9 Å². The summed E-state index contributed by atoms with van der Waals surface area (Å²) >= 11 is 7.76. The fraction of sp³-hybridized carbons (Fsp3) is 0. The zero-order valence-electron chi connectivity index (χ0n) is 13.0. The van der Waals surface area contributed by atoms with E-state index in [1.165, 1.54) is 39.5 Å². The molecular weight excluding hydrogens is 447 g/mol. The maximum atomic E-state index is 2.28. The first-order valence-corrected chi connectivity index (χ1v) is 13.0. The van der Waals surface area contributed by atoms with Gasteiger partial charge in [0, 0.05) is 0 Å². The molecule has 0 bridgehead atoms. The summed E-state index contributed by atoms with van der Waals surface area (Å²) in [5, 5.41) is 8.77. The Balaban J connectivity index is 1.88. The van der Waals surface area contributed by atoms with E-state index >= 15 is 0 Å². The van der Waals surface area contributed by atoms with Gasteiger partial charge in [0.15, 0.2) is 0 Å². The summed E-state index contributed by atoms with van der Waals surface area (Å²) in [5.74, 6) is 0. The van der Waals surface area contributed by atoms with Crippen molar-refractivity contribution in [3.8, 4) is 39.5 Å². The van der Waals surface area contributed by atoms with Crippen molar-refractivity contribution in [1.82, 2.24) is 0 Å². The van der Waals surface area contributed by atoms with Crippen molar-refractivity contribution in [3.63, 3.8) is 0 Å². The van der Waals surface area contributed by atoms with Crippen LogP contribution in [-0.2, 0) is 0 Å². The van der Waals surface area contributed by atoms with Crippen molar-refractivity contribution in [2.24, 2.45) is 0 Å². The Bertz CT molecular complexity index is 977. The summed E-state index contributed by atoms with van der Waals surface area (Å²) in [6.45, 7) is 0. The average molecular weight is 460 g/mol. The molecule has 122 valence electrons. The molecule has 0 aliphatic rings. The Labute approximate surface area is 168 Å². The van der Waals surface area contributed by atoms with Gasteiger partial charge in [-0.15, -0.1) is 0 Å². The average Bonchev–Trinajstić information content (AvgIpc) is 3.48. The van der Waals surface area contributed by atoms with Crippen LogP contribution in [-0.4, -0.2) is 14.5 Å². The molecule has 0 saturated carbocycles. The van der Waals surface area contributed by atoms with Gasteiger partial charge in [0.25, 0.3) is 0 Å². The summed E-state index contributed by atoms with van der Waals surface area (Å²) < 4.78 is 3.08. The third-order valence-corrected chi connectivity index (χ3v) is 10.7. The molecule has 0 N–H and O–H groups in total. The molecule has 0 spiro atoms. The number of rotatable bonds is 4. The van der Waals surface area contributed by atoms with E-state index in [0.29, 0.717) is 14.5 Å². The van der Waals surface area contributed by atoms with Crippen molar-refractivity contribution in [2.45, 2.75) is 0 Å². The molecule has 0 amide bonds. The van der Waals surface area contributed by atoms with E-state index in [0.717, 1.165) is 0 Å². The van der Waals surface area contributed by atoms with Gasteiger partial charge in [0.1, 0.15) is 0 Å². The molecular formula is C20H12S4Se. The molecule has 0 aliphatic heterocycles. The first-order chi connectivity index (χ1) is 12.4. The zero-order chi connectivity index (χ0) is 16.6. The topological polar surface area (TPSA) is 0 Å². The summed E-state index contributed by atoms with van der Waals surface area (Å²) in [4.78, 5) is 5.62. The molecule has 0 saturated heterocycles. The van der Waals surface area contributed by atoms with Gasteiger partial charge in [0.05, 0.1) is 0 Å². The van der Waals surface area contributed by atoms with Gasteiger partial charge in [-0.1, -0.05) is 0 Å². The van der Waals surface area contributed by atoms with Crippen molar-refractivity contribution in [2.75, 3.05) is 0 Å². The van der Waals surface area contributed by atoms with Gasteiger partial charge < -0.3 is 0 Å². The molecule has 0 radical (unpaired) electrons. The van der Waals surface area contributed by atoms with E-state index < -0.39 is 0 Å². The van der Waals surface area contributed by atoms with Gasteiger partial charge >= 0.3 is 169 Å². The first kappa shape index (κ1) is 16.0. The van der Waals surface area contributed by atoms with E-state index in [4.69, 9.17) is 0 Å². The molecule has 5 rings (SSSR count). The van der Waals surface area contributed by atoms with E-state index in [9.17, 15) is 0 Å². The second-order valence-electron chi connectivity index (χ2n) is 5.42. The molecule has 5 heteroatoms. The quantitative estimate of drug-likeness (QED) is 0.242. The molecule has 0 unspecified atom stereocenters. The van der Waals surface area contributed by atoms with E-state index in [1.807, 2.05) is 45.3 Å². The minimum absolute atomic E-state index is 0.328. The van der Waals surface area contributed by atoms with Crippen molar-refractivity contribution in [1.29, 1.82) is 0 Å². The summed E-state index contributed by atoms with van der Waals surface area (Å²) in [5.41, 5.74) is 2.92. The van der Waals surface area contributed by atoms with Gasteiger partial charge in [-0.2, -0.15) is 0 Å². The first-order valence-electron chi connectivity index (χ1n) is 7.74. The van der Waals surface area contributed by atoms with Crippen molar-refractivity contribution < 1.29 is 0 Å². The van der Waals surface area contributed by atoms with Crippen LogP contribution in [0.3, 0.4) is 0 Å². The molecule has 0 aromatic carbocycles. The normalized spacial score (nSPS) is 11.2. The molecule has 0 atom stereocenters. The fourth-order valence-corrected chi connectivity index (χ4v) is 9.60. The second-order valence-corrected chi connectivity index (χ2v) is 11.4. The standard InChI is InChI=1S/C20H12S4Se/c1-5-13(21-9-1)17-18(14-6-2-10-22-14)20(16-8-4-12-24-16)25-19(17)15-7-3-11-23-15/h1-12H. The van der Waals surface area contributed by atoms with Crippen LogP contribution >= 0.6 is 45.3 Å². The van der Waals surface area contributed by atoms with Crippen LogP contribution in [0.5, 0.6) is 0 Å². The maximum absolute atomic E-state index is 2.28. The zero-order valence-corrected chi connectivity index (χ0v) is 17.9. The van der Waals surface area contributed by atoms with E-state index in [1.54, 1.807) is 0 Å². The third-order valence-electron chi connectivity index (χ3n) is 3.93. The molecule has 5 aromatic rings. The Morgan fingerprint density at radius 2 is 0.840 bits per heavy atom. The minimum atomic E-state index is 0.328. The van der Waals surface area contributed by atoms with E-state index in [-0.39, 0.29) is 0 Å². The van der Waals surface area contributed by atoms with Crippen LogP contribution in [0.4, 0.5) is 0 Å². The molecule has 0 aliphatic carbocycles. The fourth-order valence-electron chi connectivity index (χ4n) is 2.91. The summed E-state index contributed by atoms with van der Waals surface area (Å²) in [6.07, 6.45) is 0. The van der Waals surface area contributed by atoms with Crippen LogP contribution in [0.15, 0.2) is 70.1 Å². The SMILES string of the molecule is c1csc(-c2[se]c(-c3cccs3)c(-c3cccs3)c2-c2cccs2)c1. The number of hydrogen-bond acceptors (Lipinski definition) is 4. The van der Waals surface area contributed by atoms with E-state index in [2.05, 4.69) is 70.1 Å². The number of thiophene rings is 4. The Kier molecular flexibility index (Phi) is 4.38. The predicted octanol–water partition coefficient (Wildman–Crippen LogP) is 7.66. The van der Waals surface area contributed by atoms with Crippen LogP contribution in [0, 0.1) is 0 Å². The molecule has 0 fully saturated rings. The van der Waals surface area contributed by atoms with Crippen LogP contribution in [0.1, 0.15) is 0 Å². The number of hydrogen-bond donors (Lipinski definition) is 0. The van der Waals surface area contributed by atoms with Crippen LogP contribution < -0.4 is 0 Å². The van der Waals surface area contributed by atoms with Gasteiger partial charge in [-0.05, 0) is 0 Å². The van der Waals surface area contributed by atoms with Crippen molar-refractivity contribution in [3.05, 3.63) is 70.1 Å².